The lowest BCUT2D eigenvalue weighted by atomic mass is 9.65. The summed E-state index contributed by atoms with van der Waals surface area (Å²) in [6.07, 6.45) is 11.5. The van der Waals surface area contributed by atoms with Crippen LogP contribution in [0.1, 0.15) is 51.4 Å². The van der Waals surface area contributed by atoms with E-state index in [0.29, 0.717) is 5.41 Å². The van der Waals surface area contributed by atoms with E-state index in [1.54, 1.807) is 0 Å². The molecule has 0 aliphatic heterocycles. The summed E-state index contributed by atoms with van der Waals surface area (Å²) >= 11 is 0. The standard InChI is InChI=1S/C15H29NO/c1-16-11-15(12-17-2,13-7-3-4-8-13)14-9-5-6-10-14/h13-14,16H,3-12H2,1-2H3. The molecule has 0 aromatic rings. The normalized spacial score (nSPS) is 23.6. The van der Waals surface area contributed by atoms with Gasteiger partial charge in [0, 0.05) is 19.1 Å². The number of ether oxygens (including phenoxy) is 1. The van der Waals surface area contributed by atoms with Crippen molar-refractivity contribution in [3.8, 4) is 0 Å². The van der Waals surface area contributed by atoms with Crippen molar-refractivity contribution in [2.24, 2.45) is 17.3 Å². The fourth-order valence-corrected chi connectivity index (χ4v) is 4.51. The van der Waals surface area contributed by atoms with Gasteiger partial charge in [-0.2, -0.15) is 0 Å². The van der Waals surface area contributed by atoms with Crippen LogP contribution in [0.2, 0.25) is 0 Å². The third kappa shape index (κ3) is 2.68. The summed E-state index contributed by atoms with van der Waals surface area (Å²) in [4.78, 5) is 0. The zero-order chi connectivity index (χ0) is 12.1. The molecule has 0 saturated heterocycles. The number of rotatable bonds is 6. The molecular weight excluding hydrogens is 210 g/mol. The first-order chi connectivity index (χ1) is 8.33. The molecule has 1 N–H and O–H groups in total. The molecule has 0 radical (unpaired) electrons. The molecule has 0 heterocycles. The van der Waals surface area contributed by atoms with Gasteiger partial charge in [0.25, 0.3) is 0 Å². The van der Waals surface area contributed by atoms with Crippen LogP contribution in [-0.4, -0.2) is 27.3 Å². The molecule has 2 fully saturated rings. The molecule has 0 atom stereocenters. The van der Waals surface area contributed by atoms with Crippen LogP contribution in [-0.2, 0) is 4.74 Å². The fourth-order valence-electron chi connectivity index (χ4n) is 4.51. The van der Waals surface area contributed by atoms with Crippen molar-refractivity contribution < 1.29 is 4.74 Å². The molecule has 0 amide bonds. The van der Waals surface area contributed by atoms with E-state index in [0.717, 1.165) is 25.0 Å². The smallest absolute Gasteiger partial charge is 0.0536 e. The van der Waals surface area contributed by atoms with Crippen LogP contribution in [0.15, 0.2) is 0 Å². The predicted octanol–water partition coefficient (Wildman–Crippen LogP) is 3.22. The molecule has 0 aromatic carbocycles. The van der Waals surface area contributed by atoms with E-state index in [4.69, 9.17) is 4.74 Å². The molecular formula is C15H29NO. The van der Waals surface area contributed by atoms with Crippen LogP contribution in [0.3, 0.4) is 0 Å². The minimum atomic E-state index is 0.427. The molecule has 0 unspecified atom stereocenters. The van der Waals surface area contributed by atoms with E-state index < -0.39 is 0 Å². The Balaban J connectivity index is 2.16. The van der Waals surface area contributed by atoms with E-state index in [-0.39, 0.29) is 0 Å². The Morgan fingerprint density at radius 2 is 1.47 bits per heavy atom. The fraction of sp³-hybridized carbons (Fsp3) is 1.00. The average molecular weight is 239 g/mol. The lowest BCUT2D eigenvalue weighted by molar-refractivity contribution is -0.0132. The van der Waals surface area contributed by atoms with Gasteiger partial charge in [-0.3, -0.25) is 0 Å². The zero-order valence-electron chi connectivity index (χ0n) is 11.6. The maximum Gasteiger partial charge on any atom is 0.0536 e. The van der Waals surface area contributed by atoms with Crippen LogP contribution in [0, 0.1) is 17.3 Å². The van der Waals surface area contributed by atoms with E-state index in [9.17, 15) is 0 Å². The lowest BCUT2D eigenvalue weighted by Crippen LogP contribution is -2.47. The quantitative estimate of drug-likeness (QED) is 0.768. The van der Waals surface area contributed by atoms with Gasteiger partial charge < -0.3 is 10.1 Å². The Bertz CT molecular complexity index is 193. The molecule has 2 aliphatic rings. The lowest BCUT2D eigenvalue weighted by Gasteiger charge is -2.44. The van der Waals surface area contributed by atoms with Crippen molar-refractivity contribution in [2.75, 3.05) is 27.3 Å². The molecule has 0 bridgehead atoms. The van der Waals surface area contributed by atoms with Crippen molar-refractivity contribution in [2.45, 2.75) is 51.4 Å². The molecule has 0 spiro atoms. The monoisotopic (exact) mass is 239 g/mol. The Hall–Kier alpha value is -0.0800. The minimum absolute atomic E-state index is 0.427. The number of nitrogens with one attached hydrogen (secondary N) is 1. The molecule has 17 heavy (non-hydrogen) atoms. The number of hydrogen-bond donors (Lipinski definition) is 1. The summed E-state index contributed by atoms with van der Waals surface area (Å²) in [6.45, 7) is 2.11. The minimum Gasteiger partial charge on any atom is -0.384 e. The van der Waals surface area contributed by atoms with E-state index in [2.05, 4.69) is 12.4 Å². The van der Waals surface area contributed by atoms with Crippen molar-refractivity contribution in [1.82, 2.24) is 5.32 Å². The zero-order valence-corrected chi connectivity index (χ0v) is 11.6. The summed E-state index contributed by atoms with van der Waals surface area (Å²) in [5.41, 5.74) is 0.427. The third-order valence-corrected chi connectivity index (χ3v) is 5.26. The van der Waals surface area contributed by atoms with Gasteiger partial charge in [-0.15, -0.1) is 0 Å². The second kappa shape index (κ2) is 6.19. The van der Waals surface area contributed by atoms with Crippen molar-refractivity contribution in [3.63, 3.8) is 0 Å². The van der Waals surface area contributed by atoms with Gasteiger partial charge in [0.05, 0.1) is 6.61 Å². The molecule has 100 valence electrons. The predicted molar refractivity (Wildman–Crippen MR) is 72.2 cm³/mol. The van der Waals surface area contributed by atoms with Gasteiger partial charge in [-0.1, -0.05) is 25.7 Å². The van der Waals surface area contributed by atoms with Gasteiger partial charge in [-0.05, 0) is 44.6 Å². The highest BCUT2D eigenvalue weighted by atomic mass is 16.5. The number of hydrogen-bond acceptors (Lipinski definition) is 2. The van der Waals surface area contributed by atoms with Gasteiger partial charge in [0.1, 0.15) is 0 Å². The molecule has 2 heteroatoms. The molecule has 2 rings (SSSR count). The van der Waals surface area contributed by atoms with E-state index >= 15 is 0 Å². The Morgan fingerprint density at radius 3 is 1.82 bits per heavy atom. The van der Waals surface area contributed by atoms with E-state index in [1.807, 2.05) is 7.11 Å². The van der Waals surface area contributed by atoms with Gasteiger partial charge in [0.2, 0.25) is 0 Å². The maximum absolute atomic E-state index is 5.64. The highest BCUT2D eigenvalue weighted by Crippen LogP contribution is 2.50. The summed E-state index contributed by atoms with van der Waals surface area (Å²) in [5.74, 6) is 1.80. The molecule has 0 aromatic heterocycles. The Labute approximate surface area is 107 Å². The summed E-state index contributed by atoms with van der Waals surface area (Å²) < 4.78 is 5.64. The first-order valence-corrected chi connectivity index (χ1v) is 7.47. The highest BCUT2D eigenvalue weighted by Gasteiger charge is 2.46. The van der Waals surface area contributed by atoms with Crippen molar-refractivity contribution >= 4 is 0 Å². The first-order valence-electron chi connectivity index (χ1n) is 7.47. The summed E-state index contributed by atoms with van der Waals surface area (Å²) in [6, 6.07) is 0. The second-order valence-electron chi connectivity index (χ2n) is 6.16. The summed E-state index contributed by atoms with van der Waals surface area (Å²) in [7, 11) is 3.99. The first kappa shape index (κ1) is 13.4. The Kier molecular flexibility index (Phi) is 4.87. The van der Waals surface area contributed by atoms with Crippen LogP contribution in [0.5, 0.6) is 0 Å². The van der Waals surface area contributed by atoms with Gasteiger partial charge in [-0.25, -0.2) is 0 Å². The third-order valence-electron chi connectivity index (χ3n) is 5.26. The highest BCUT2D eigenvalue weighted by molar-refractivity contribution is 4.97. The van der Waals surface area contributed by atoms with Gasteiger partial charge >= 0.3 is 0 Å². The maximum atomic E-state index is 5.64. The summed E-state index contributed by atoms with van der Waals surface area (Å²) in [5, 5.41) is 3.47. The largest absolute Gasteiger partial charge is 0.384 e. The van der Waals surface area contributed by atoms with Crippen LogP contribution in [0.25, 0.3) is 0 Å². The van der Waals surface area contributed by atoms with Crippen LogP contribution < -0.4 is 5.32 Å². The molecule has 2 aliphatic carbocycles. The molecule has 2 saturated carbocycles. The van der Waals surface area contributed by atoms with Crippen LogP contribution >= 0.6 is 0 Å². The van der Waals surface area contributed by atoms with E-state index in [1.165, 1.54) is 51.4 Å². The Morgan fingerprint density at radius 1 is 1.00 bits per heavy atom. The van der Waals surface area contributed by atoms with Gasteiger partial charge in [0.15, 0.2) is 0 Å². The van der Waals surface area contributed by atoms with Crippen molar-refractivity contribution in [3.05, 3.63) is 0 Å². The SMILES string of the molecule is CNCC(COC)(C1CCCC1)C1CCCC1. The average Bonchev–Trinajstić information content (AvgIpc) is 3.02. The number of methoxy groups -OCH3 is 1. The topological polar surface area (TPSA) is 21.3 Å². The van der Waals surface area contributed by atoms with Crippen LogP contribution in [0.4, 0.5) is 0 Å². The second-order valence-corrected chi connectivity index (χ2v) is 6.16. The molecule has 2 nitrogen and oxygen atoms in total. The van der Waals surface area contributed by atoms with Crippen molar-refractivity contribution in [1.29, 1.82) is 0 Å².